The Kier molecular flexibility index (Phi) is 3.31. The zero-order valence-electron chi connectivity index (χ0n) is 10.9. The molecule has 1 saturated heterocycles. The molecule has 4 heteroatoms. The summed E-state index contributed by atoms with van der Waals surface area (Å²) in [5, 5.41) is 5.17. The third-order valence-electron chi connectivity index (χ3n) is 3.64. The number of thioether (sulfide) groups is 1. The van der Waals surface area contributed by atoms with Gasteiger partial charge < -0.3 is 10.3 Å². The maximum absolute atomic E-state index is 4.70. The SMILES string of the molecule is Cc1cc2nc(SC3CCNCC3)[nH]c2cc1C. The van der Waals surface area contributed by atoms with Gasteiger partial charge in [-0.25, -0.2) is 4.98 Å². The van der Waals surface area contributed by atoms with Crippen LogP contribution in [0.15, 0.2) is 17.3 Å². The fourth-order valence-electron chi connectivity index (χ4n) is 2.37. The van der Waals surface area contributed by atoms with Gasteiger partial charge in [-0.1, -0.05) is 11.8 Å². The number of aryl methyl sites for hydroxylation is 2. The molecular formula is C14H19N3S. The van der Waals surface area contributed by atoms with Crippen molar-refractivity contribution >= 4 is 22.8 Å². The van der Waals surface area contributed by atoms with Crippen LogP contribution in [0.4, 0.5) is 0 Å². The van der Waals surface area contributed by atoms with E-state index in [1.807, 2.05) is 11.8 Å². The Bertz CT molecular complexity index is 516. The molecule has 1 fully saturated rings. The summed E-state index contributed by atoms with van der Waals surface area (Å²) in [6.45, 7) is 6.56. The second-order valence-corrected chi connectivity index (χ2v) is 6.35. The van der Waals surface area contributed by atoms with Gasteiger partial charge in [-0.05, 0) is 63.0 Å². The van der Waals surface area contributed by atoms with Crippen molar-refractivity contribution < 1.29 is 0 Å². The average molecular weight is 261 g/mol. The van der Waals surface area contributed by atoms with E-state index in [9.17, 15) is 0 Å². The molecule has 0 bridgehead atoms. The van der Waals surface area contributed by atoms with Gasteiger partial charge in [0.1, 0.15) is 0 Å². The molecule has 3 nitrogen and oxygen atoms in total. The van der Waals surface area contributed by atoms with Crippen molar-refractivity contribution in [3.8, 4) is 0 Å². The van der Waals surface area contributed by atoms with E-state index in [2.05, 4.69) is 36.3 Å². The van der Waals surface area contributed by atoms with Crippen LogP contribution in [0.25, 0.3) is 11.0 Å². The van der Waals surface area contributed by atoms with E-state index in [0.717, 1.165) is 29.3 Å². The third kappa shape index (κ3) is 2.40. The van der Waals surface area contributed by atoms with E-state index < -0.39 is 0 Å². The van der Waals surface area contributed by atoms with E-state index >= 15 is 0 Å². The number of rotatable bonds is 2. The van der Waals surface area contributed by atoms with Crippen LogP contribution in [0.3, 0.4) is 0 Å². The molecule has 1 aromatic carbocycles. The van der Waals surface area contributed by atoms with Crippen LogP contribution < -0.4 is 5.32 Å². The highest BCUT2D eigenvalue weighted by Gasteiger charge is 2.16. The minimum absolute atomic E-state index is 0.703. The second kappa shape index (κ2) is 4.94. The van der Waals surface area contributed by atoms with Gasteiger partial charge in [-0.3, -0.25) is 0 Å². The summed E-state index contributed by atoms with van der Waals surface area (Å²) in [7, 11) is 0. The Balaban J connectivity index is 1.84. The first-order valence-corrected chi connectivity index (χ1v) is 7.44. The van der Waals surface area contributed by atoms with Crippen molar-refractivity contribution in [3.63, 3.8) is 0 Å². The summed E-state index contributed by atoms with van der Waals surface area (Å²) in [6, 6.07) is 4.37. The number of benzene rings is 1. The molecule has 0 saturated carbocycles. The summed E-state index contributed by atoms with van der Waals surface area (Å²) >= 11 is 1.90. The number of hydrogen-bond donors (Lipinski definition) is 2. The van der Waals surface area contributed by atoms with Crippen LogP contribution in [-0.4, -0.2) is 28.3 Å². The standard InChI is InChI=1S/C14H19N3S/c1-9-7-12-13(8-10(9)2)17-14(16-12)18-11-3-5-15-6-4-11/h7-8,11,15H,3-6H2,1-2H3,(H,16,17). The Morgan fingerprint density at radius 1 is 1.17 bits per heavy atom. The molecule has 2 heterocycles. The lowest BCUT2D eigenvalue weighted by atomic mass is 10.1. The maximum Gasteiger partial charge on any atom is 0.166 e. The molecule has 3 rings (SSSR count). The molecule has 0 amide bonds. The van der Waals surface area contributed by atoms with Gasteiger partial charge in [0.05, 0.1) is 11.0 Å². The van der Waals surface area contributed by atoms with Crippen LogP contribution in [0.2, 0.25) is 0 Å². The van der Waals surface area contributed by atoms with Crippen molar-refractivity contribution in [1.29, 1.82) is 0 Å². The number of nitrogens with zero attached hydrogens (tertiary/aromatic N) is 1. The topological polar surface area (TPSA) is 40.7 Å². The van der Waals surface area contributed by atoms with E-state index in [1.165, 1.54) is 24.0 Å². The Morgan fingerprint density at radius 3 is 2.67 bits per heavy atom. The van der Waals surface area contributed by atoms with Gasteiger partial charge in [0.25, 0.3) is 0 Å². The van der Waals surface area contributed by atoms with Crippen LogP contribution in [0.1, 0.15) is 24.0 Å². The number of hydrogen-bond acceptors (Lipinski definition) is 3. The summed E-state index contributed by atoms with van der Waals surface area (Å²) in [6.07, 6.45) is 2.47. The molecule has 1 aromatic heterocycles. The van der Waals surface area contributed by atoms with Crippen molar-refractivity contribution in [2.75, 3.05) is 13.1 Å². The highest BCUT2D eigenvalue weighted by atomic mass is 32.2. The number of aromatic nitrogens is 2. The first-order chi connectivity index (χ1) is 8.72. The lowest BCUT2D eigenvalue weighted by Gasteiger charge is -2.20. The number of imidazole rings is 1. The number of piperidine rings is 1. The van der Waals surface area contributed by atoms with Crippen molar-refractivity contribution in [2.24, 2.45) is 0 Å². The number of nitrogens with one attached hydrogen (secondary N) is 2. The fourth-order valence-corrected chi connectivity index (χ4v) is 3.48. The highest BCUT2D eigenvalue weighted by Crippen LogP contribution is 2.28. The van der Waals surface area contributed by atoms with E-state index in [4.69, 9.17) is 4.98 Å². The molecule has 1 aliphatic heterocycles. The second-order valence-electron chi connectivity index (χ2n) is 5.06. The van der Waals surface area contributed by atoms with Gasteiger partial charge >= 0.3 is 0 Å². The third-order valence-corrected chi connectivity index (χ3v) is 4.86. The first kappa shape index (κ1) is 12.1. The molecule has 0 spiro atoms. The highest BCUT2D eigenvalue weighted by molar-refractivity contribution is 7.99. The zero-order valence-corrected chi connectivity index (χ0v) is 11.7. The fraction of sp³-hybridized carbons (Fsp3) is 0.500. The summed E-state index contributed by atoms with van der Waals surface area (Å²) in [4.78, 5) is 8.14. The van der Waals surface area contributed by atoms with Gasteiger partial charge in [0.2, 0.25) is 0 Å². The van der Waals surface area contributed by atoms with Gasteiger partial charge in [-0.2, -0.15) is 0 Å². The Labute approximate surface area is 112 Å². The molecule has 0 radical (unpaired) electrons. The smallest absolute Gasteiger partial charge is 0.166 e. The summed E-state index contributed by atoms with van der Waals surface area (Å²) < 4.78 is 0. The monoisotopic (exact) mass is 261 g/mol. The lowest BCUT2D eigenvalue weighted by molar-refractivity contribution is 0.531. The van der Waals surface area contributed by atoms with Crippen LogP contribution in [0.5, 0.6) is 0 Å². The molecule has 0 unspecified atom stereocenters. The van der Waals surface area contributed by atoms with Gasteiger partial charge in [0.15, 0.2) is 5.16 Å². The van der Waals surface area contributed by atoms with E-state index in [-0.39, 0.29) is 0 Å². The number of H-pyrrole nitrogens is 1. The molecule has 1 aliphatic rings. The van der Waals surface area contributed by atoms with Crippen molar-refractivity contribution in [3.05, 3.63) is 23.3 Å². The van der Waals surface area contributed by atoms with Crippen LogP contribution >= 0.6 is 11.8 Å². The summed E-state index contributed by atoms with van der Waals surface area (Å²) in [5.41, 5.74) is 4.89. The van der Waals surface area contributed by atoms with Gasteiger partial charge in [0, 0.05) is 5.25 Å². The van der Waals surface area contributed by atoms with Crippen LogP contribution in [-0.2, 0) is 0 Å². The molecule has 18 heavy (non-hydrogen) atoms. The van der Waals surface area contributed by atoms with Crippen molar-refractivity contribution in [1.82, 2.24) is 15.3 Å². The molecule has 2 aromatic rings. The Morgan fingerprint density at radius 2 is 1.89 bits per heavy atom. The maximum atomic E-state index is 4.70. The minimum atomic E-state index is 0.703. The predicted molar refractivity (Wildman–Crippen MR) is 77.3 cm³/mol. The molecule has 0 atom stereocenters. The van der Waals surface area contributed by atoms with Crippen LogP contribution in [0, 0.1) is 13.8 Å². The molecule has 2 N–H and O–H groups in total. The average Bonchev–Trinajstić information content (AvgIpc) is 2.72. The number of aromatic amines is 1. The normalized spacial score (nSPS) is 17.4. The Hall–Kier alpha value is -1.00. The molecule has 0 aliphatic carbocycles. The predicted octanol–water partition coefficient (Wildman–Crippen LogP) is 3.02. The zero-order chi connectivity index (χ0) is 12.5. The lowest BCUT2D eigenvalue weighted by Crippen LogP contribution is -2.29. The van der Waals surface area contributed by atoms with E-state index in [1.54, 1.807) is 0 Å². The number of fused-ring (bicyclic) bond motifs is 1. The minimum Gasteiger partial charge on any atom is -0.333 e. The van der Waals surface area contributed by atoms with Crippen molar-refractivity contribution in [2.45, 2.75) is 37.1 Å². The quantitative estimate of drug-likeness (QED) is 0.873. The largest absolute Gasteiger partial charge is 0.333 e. The molecule has 96 valence electrons. The molecular weight excluding hydrogens is 242 g/mol. The van der Waals surface area contributed by atoms with Gasteiger partial charge in [-0.15, -0.1) is 0 Å². The first-order valence-electron chi connectivity index (χ1n) is 6.57. The summed E-state index contributed by atoms with van der Waals surface area (Å²) in [5.74, 6) is 0. The van der Waals surface area contributed by atoms with E-state index in [0.29, 0.717) is 5.25 Å².